The molecule has 1 amide bonds. The van der Waals surface area contributed by atoms with Crippen LogP contribution in [0.5, 0.6) is 5.75 Å². The molecule has 0 aliphatic heterocycles. The zero-order valence-corrected chi connectivity index (χ0v) is 22.7. The molecule has 2 aromatic carbocycles. The lowest BCUT2D eigenvalue weighted by molar-refractivity contribution is 0.0946. The summed E-state index contributed by atoms with van der Waals surface area (Å²) in [6, 6.07) is 8.69. The number of hydrogen-bond acceptors (Lipinski definition) is 7. The third kappa shape index (κ3) is 6.80. The third-order valence-corrected chi connectivity index (χ3v) is 6.74. The molecule has 0 aliphatic carbocycles. The van der Waals surface area contributed by atoms with Crippen LogP contribution >= 0.6 is 0 Å². The first-order valence-electron chi connectivity index (χ1n) is 11.7. The minimum absolute atomic E-state index is 0.0610. The van der Waals surface area contributed by atoms with Gasteiger partial charge in [0.25, 0.3) is 5.91 Å². The minimum atomic E-state index is -3.84. The number of hydrogen-bond donors (Lipinski definition) is 3. The molecule has 0 aliphatic rings. The number of benzene rings is 2. The number of nitrogens with zero attached hydrogens (tertiary/aromatic N) is 3. The van der Waals surface area contributed by atoms with E-state index in [0.717, 1.165) is 0 Å². The number of Topliss-reactive ketones (excluding diaryl/α,β-unsaturated/α-hetero) is 1. The van der Waals surface area contributed by atoms with Gasteiger partial charge in [0, 0.05) is 22.3 Å². The molecular formula is C26H33N5O5S. The maximum Gasteiger partial charge on any atom is 0.251 e. The second-order valence-electron chi connectivity index (χ2n) is 11.0. The quantitative estimate of drug-likeness (QED) is 0.399. The summed E-state index contributed by atoms with van der Waals surface area (Å²) in [5, 5.41) is 26.6. The van der Waals surface area contributed by atoms with Crippen LogP contribution in [0.25, 0.3) is 0 Å². The van der Waals surface area contributed by atoms with Gasteiger partial charge in [-0.05, 0) is 47.2 Å². The van der Waals surface area contributed by atoms with Crippen LogP contribution in [-0.2, 0) is 33.9 Å². The summed E-state index contributed by atoms with van der Waals surface area (Å²) >= 11 is 0. The van der Waals surface area contributed by atoms with Crippen LogP contribution in [0.15, 0.2) is 47.5 Å². The van der Waals surface area contributed by atoms with Gasteiger partial charge in [-0.3, -0.25) is 9.59 Å². The highest BCUT2D eigenvalue weighted by atomic mass is 32.2. The zero-order valence-electron chi connectivity index (χ0n) is 21.9. The molecule has 0 radical (unpaired) electrons. The minimum Gasteiger partial charge on any atom is -0.507 e. The molecule has 0 spiro atoms. The van der Waals surface area contributed by atoms with Gasteiger partial charge < -0.3 is 10.4 Å². The average Bonchev–Trinajstić information content (AvgIpc) is 3.22. The molecule has 37 heavy (non-hydrogen) atoms. The number of sulfonamides is 1. The van der Waals surface area contributed by atoms with Gasteiger partial charge in [0.2, 0.25) is 10.0 Å². The van der Waals surface area contributed by atoms with Crippen molar-refractivity contribution in [1.29, 1.82) is 0 Å². The number of ketones is 1. The summed E-state index contributed by atoms with van der Waals surface area (Å²) in [5.41, 5.74) is 1.84. The fraction of sp³-hybridized carbons (Fsp3) is 0.385. The number of aromatic hydroxyl groups is 1. The number of phenolic OH excluding ortho intramolecular Hbond substituents is 1. The highest BCUT2D eigenvalue weighted by Gasteiger charge is 2.28. The number of amides is 1. The Balaban J connectivity index is 1.71. The van der Waals surface area contributed by atoms with Crippen LogP contribution < -0.4 is 10.5 Å². The van der Waals surface area contributed by atoms with E-state index in [2.05, 4.69) is 15.6 Å². The van der Waals surface area contributed by atoms with E-state index in [-0.39, 0.29) is 45.9 Å². The van der Waals surface area contributed by atoms with Crippen LogP contribution in [0.2, 0.25) is 0 Å². The van der Waals surface area contributed by atoms with E-state index >= 15 is 0 Å². The van der Waals surface area contributed by atoms with Crippen molar-refractivity contribution in [1.82, 2.24) is 20.3 Å². The van der Waals surface area contributed by atoms with Crippen LogP contribution in [-0.4, -0.2) is 40.2 Å². The van der Waals surface area contributed by atoms with Gasteiger partial charge >= 0.3 is 0 Å². The fourth-order valence-electron chi connectivity index (χ4n) is 3.74. The lowest BCUT2D eigenvalue weighted by atomic mass is 9.78. The maximum absolute atomic E-state index is 13.2. The van der Waals surface area contributed by atoms with Gasteiger partial charge in [-0.25, -0.2) is 18.2 Å². The van der Waals surface area contributed by atoms with Gasteiger partial charge in [-0.1, -0.05) is 46.8 Å². The van der Waals surface area contributed by atoms with Gasteiger partial charge in [-0.2, -0.15) is 0 Å². The van der Waals surface area contributed by atoms with E-state index in [1.165, 1.54) is 28.9 Å². The highest BCUT2D eigenvalue weighted by molar-refractivity contribution is 7.89. The van der Waals surface area contributed by atoms with Crippen molar-refractivity contribution in [3.63, 3.8) is 0 Å². The number of aromatic nitrogens is 3. The summed E-state index contributed by atoms with van der Waals surface area (Å²) < 4.78 is 24.1. The van der Waals surface area contributed by atoms with Gasteiger partial charge in [0.1, 0.15) is 18.0 Å². The normalized spacial score (nSPS) is 12.4. The largest absolute Gasteiger partial charge is 0.507 e. The Hall–Kier alpha value is -3.57. The van der Waals surface area contributed by atoms with Crippen LogP contribution in [0, 0.1) is 0 Å². The van der Waals surface area contributed by atoms with Crippen LogP contribution in [0.1, 0.15) is 79.1 Å². The SMILES string of the molecule is CC(C)(C)c1cc(C(=O)Cn2cc(CNC(=O)c3ccc(S(N)(=O)=O)cc3)nn2)cc(C(C)(C)C)c1O. The fourth-order valence-corrected chi connectivity index (χ4v) is 4.26. The van der Waals surface area contributed by atoms with Crippen LogP contribution in [0.4, 0.5) is 0 Å². The average molecular weight is 528 g/mol. The molecule has 198 valence electrons. The van der Waals surface area contributed by atoms with E-state index in [0.29, 0.717) is 22.4 Å². The molecule has 1 heterocycles. The Morgan fingerprint density at radius 2 is 1.51 bits per heavy atom. The van der Waals surface area contributed by atoms with Gasteiger partial charge in [0.05, 0.1) is 17.6 Å². The van der Waals surface area contributed by atoms with E-state index in [1.54, 1.807) is 18.3 Å². The molecule has 1 aromatic heterocycles. The van der Waals surface area contributed by atoms with Crippen LogP contribution in [0.3, 0.4) is 0 Å². The first-order valence-corrected chi connectivity index (χ1v) is 13.2. The maximum atomic E-state index is 13.2. The van der Waals surface area contributed by atoms with E-state index < -0.39 is 15.9 Å². The Morgan fingerprint density at radius 3 is 2.00 bits per heavy atom. The standard InChI is InChI=1S/C26H33N5O5S/c1-25(2,3)20-11-17(12-21(23(20)33)26(4,5)6)22(32)15-31-14-18(29-30-31)13-28-24(34)16-7-9-19(10-8-16)37(27,35)36/h7-12,14,33H,13,15H2,1-6H3,(H,28,34)(H2,27,35,36). The third-order valence-electron chi connectivity index (χ3n) is 5.81. The molecule has 0 saturated heterocycles. The van der Waals surface area contributed by atoms with Crippen molar-refractivity contribution in [3.8, 4) is 5.75 Å². The van der Waals surface area contributed by atoms with E-state index in [4.69, 9.17) is 5.14 Å². The number of nitrogens with two attached hydrogens (primary N) is 1. The predicted molar refractivity (Wildman–Crippen MR) is 139 cm³/mol. The van der Waals surface area contributed by atoms with E-state index in [1.807, 2.05) is 41.5 Å². The zero-order chi connectivity index (χ0) is 27.8. The number of carbonyl (C=O) groups is 2. The summed E-state index contributed by atoms with van der Waals surface area (Å²) in [4.78, 5) is 25.4. The number of carbonyl (C=O) groups excluding carboxylic acids is 2. The second-order valence-corrected chi connectivity index (χ2v) is 12.6. The molecule has 0 fully saturated rings. The van der Waals surface area contributed by atoms with Crippen molar-refractivity contribution in [2.45, 2.75) is 70.4 Å². The molecule has 10 nitrogen and oxygen atoms in total. The molecule has 0 unspecified atom stereocenters. The first kappa shape index (κ1) is 28.0. The molecular weight excluding hydrogens is 494 g/mol. The van der Waals surface area contributed by atoms with Crippen molar-refractivity contribution < 1.29 is 23.1 Å². The van der Waals surface area contributed by atoms with Gasteiger partial charge in [0.15, 0.2) is 5.78 Å². The molecule has 0 saturated carbocycles. The highest BCUT2D eigenvalue weighted by Crippen LogP contribution is 2.39. The summed E-state index contributed by atoms with van der Waals surface area (Å²) in [6.07, 6.45) is 1.57. The Labute approximate surface area is 216 Å². The monoisotopic (exact) mass is 527 g/mol. The van der Waals surface area contributed by atoms with Gasteiger partial charge in [-0.15, -0.1) is 5.10 Å². The first-order chi connectivity index (χ1) is 17.0. The number of primary sulfonamides is 1. The van der Waals surface area contributed by atoms with Crippen molar-refractivity contribution in [2.24, 2.45) is 5.14 Å². The molecule has 3 rings (SSSR count). The lowest BCUT2D eigenvalue weighted by Crippen LogP contribution is -2.23. The van der Waals surface area contributed by atoms with Crippen molar-refractivity contribution in [2.75, 3.05) is 0 Å². The Kier molecular flexibility index (Phi) is 7.62. The second kappa shape index (κ2) is 10.1. The molecule has 0 atom stereocenters. The van der Waals surface area contributed by atoms with Crippen molar-refractivity contribution in [3.05, 3.63) is 70.5 Å². The number of phenols is 1. The topological polar surface area (TPSA) is 157 Å². The van der Waals surface area contributed by atoms with Crippen molar-refractivity contribution >= 4 is 21.7 Å². The molecule has 4 N–H and O–H groups in total. The number of rotatable bonds is 7. The summed E-state index contributed by atoms with van der Waals surface area (Å²) in [6.45, 7) is 11.9. The molecule has 0 bridgehead atoms. The Morgan fingerprint density at radius 1 is 0.973 bits per heavy atom. The van der Waals surface area contributed by atoms with E-state index in [9.17, 15) is 23.1 Å². The Bertz CT molecular complexity index is 1390. The molecule has 11 heteroatoms. The molecule has 3 aromatic rings. The number of nitrogens with one attached hydrogen (secondary N) is 1. The lowest BCUT2D eigenvalue weighted by Gasteiger charge is -2.28. The smallest absolute Gasteiger partial charge is 0.251 e. The summed E-state index contributed by atoms with van der Waals surface area (Å²) in [5.74, 6) is -0.416. The summed E-state index contributed by atoms with van der Waals surface area (Å²) in [7, 11) is -3.84. The predicted octanol–water partition coefficient (Wildman–Crippen LogP) is 3.04.